The molecular weight excluding hydrogens is 386 g/mol. The van der Waals surface area contributed by atoms with Crippen LogP contribution in [0.2, 0.25) is 0 Å². The highest BCUT2D eigenvalue weighted by Crippen LogP contribution is 2.16. The average molecular weight is 410 g/mol. The molecule has 2 N–H and O–H groups in total. The minimum absolute atomic E-state index is 0.0705. The molecule has 3 rings (SSSR count). The van der Waals surface area contributed by atoms with Gasteiger partial charge in [-0.2, -0.15) is 0 Å². The summed E-state index contributed by atoms with van der Waals surface area (Å²) in [5.74, 6) is 0.330. The summed E-state index contributed by atoms with van der Waals surface area (Å²) in [5.41, 5.74) is 6.88. The van der Waals surface area contributed by atoms with E-state index in [0.717, 1.165) is 15.7 Å². The van der Waals surface area contributed by atoms with Gasteiger partial charge in [-0.1, -0.05) is 60.7 Å². The zero-order valence-corrected chi connectivity index (χ0v) is 17.0. The van der Waals surface area contributed by atoms with Crippen LogP contribution in [0, 0.1) is 0 Å². The van der Waals surface area contributed by atoms with Crippen molar-refractivity contribution < 1.29 is 4.79 Å². The standard InChI is InChI=1S/C22H23N3O3S/c1-2-24-21(27)19(18(26)15-29-14-17-11-7-4-8-12-17)20(23)25(22(24)28)13-16-9-5-3-6-10-16/h3-12H,2,13-15,23H2,1H3. The highest BCUT2D eigenvalue weighted by Gasteiger charge is 2.22. The van der Waals surface area contributed by atoms with Crippen LogP contribution >= 0.6 is 11.8 Å². The second-order valence-corrected chi connectivity index (χ2v) is 7.55. The molecule has 0 unspecified atom stereocenters. The van der Waals surface area contributed by atoms with Crippen molar-refractivity contribution in [3.8, 4) is 0 Å². The molecule has 0 aliphatic heterocycles. The van der Waals surface area contributed by atoms with E-state index in [-0.39, 0.29) is 36.0 Å². The molecule has 2 aromatic carbocycles. The van der Waals surface area contributed by atoms with Crippen LogP contribution in [0.5, 0.6) is 0 Å². The quantitative estimate of drug-likeness (QED) is 0.578. The van der Waals surface area contributed by atoms with Crippen LogP contribution in [0.3, 0.4) is 0 Å². The first-order valence-electron chi connectivity index (χ1n) is 9.34. The minimum atomic E-state index is -0.621. The van der Waals surface area contributed by atoms with Gasteiger partial charge in [0.25, 0.3) is 5.56 Å². The number of thioether (sulfide) groups is 1. The van der Waals surface area contributed by atoms with Crippen molar-refractivity contribution in [2.24, 2.45) is 0 Å². The van der Waals surface area contributed by atoms with E-state index in [2.05, 4.69) is 0 Å². The summed E-state index contributed by atoms with van der Waals surface area (Å²) >= 11 is 1.41. The van der Waals surface area contributed by atoms with Gasteiger partial charge >= 0.3 is 5.69 Å². The van der Waals surface area contributed by atoms with Crippen molar-refractivity contribution in [2.75, 3.05) is 11.5 Å². The fraction of sp³-hybridized carbons (Fsp3) is 0.227. The molecule has 0 aliphatic rings. The molecule has 1 aromatic heterocycles. The van der Waals surface area contributed by atoms with Crippen molar-refractivity contribution in [2.45, 2.75) is 25.8 Å². The Kier molecular flexibility index (Phi) is 6.72. The molecule has 0 spiro atoms. The van der Waals surface area contributed by atoms with Crippen molar-refractivity contribution in [1.29, 1.82) is 0 Å². The number of anilines is 1. The van der Waals surface area contributed by atoms with Crippen molar-refractivity contribution in [3.63, 3.8) is 0 Å². The number of ketones is 1. The first-order chi connectivity index (χ1) is 14.0. The normalized spacial score (nSPS) is 10.8. The number of hydrogen-bond acceptors (Lipinski definition) is 5. The summed E-state index contributed by atoms with van der Waals surface area (Å²) in [6.45, 7) is 2.07. The first kappa shape index (κ1) is 20.7. The monoisotopic (exact) mass is 409 g/mol. The number of hydrogen-bond donors (Lipinski definition) is 1. The fourth-order valence-corrected chi connectivity index (χ4v) is 3.94. The number of rotatable bonds is 8. The Balaban J connectivity index is 1.90. The summed E-state index contributed by atoms with van der Waals surface area (Å²) in [4.78, 5) is 38.3. The lowest BCUT2D eigenvalue weighted by Gasteiger charge is -2.15. The minimum Gasteiger partial charge on any atom is -0.384 e. The van der Waals surface area contributed by atoms with Gasteiger partial charge in [0.15, 0.2) is 5.78 Å². The lowest BCUT2D eigenvalue weighted by molar-refractivity contribution is 0.102. The molecule has 0 atom stereocenters. The van der Waals surface area contributed by atoms with Gasteiger partial charge < -0.3 is 5.73 Å². The molecule has 0 radical (unpaired) electrons. The van der Waals surface area contributed by atoms with Gasteiger partial charge in [-0.15, -0.1) is 11.8 Å². The van der Waals surface area contributed by atoms with E-state index >= 15 is 0 Å². The lowest BCUT2D eigenvalue weighted by atomic mass is 10.2. The maximum atomic E-state index is 12.8. The third-order valence-corrected chi connectivity index (χ3v) is 5.59. The number of Topliss-reactive ketones (excluding diaryl/α,β-unsaturated/α-hetero) is 1. The third-order valence-electron chi connectivity index (χ3n) is 4.59. The molecule has 150 valence electrons. The van der Waals surface area contributed by atoms with Gasteiger partial charge in [0.1, 0.15) is 11.4 Å². The third kappa shape index (κ3) is 4.68. The molecule has 0 saturated heterocycles. The number of carbonyl (C=O) groups excluding carboxylic acids is 1. The summed E-state index contributed by atoms with van der Waals surface area (Å²) < 4.78 is 2.36. The zero-order valence-electron chi connectivity index (χ0n) is 16.2. The maximum absolute atomic E-state index is 12.8. The van der Waals surface area contributed by atoms with E-state index in [4.69, 9.17) is 5.73 Å². The maximum Gasteiger partial charge on any atom is 0.332 e. The number of benzene rings is 2. The second kappa shape index (κ2) is 9.43. The molecule has 0 fully saturated rings. The molecule has 0 bridgehead atoms. The SMILES string of the molecule is CCn1c(=O)c(C(=O)CSCc2ccccc2)c(N)n(Cc2ccccc2)c1=O. The summed E-state index contributed by atoms with van der Waals surface area (Å²) in [6.07, 6.45) is 0. The predicted octanol–water partition coefficient (Wildman–Crippen LogP) is 2.78. The van der Waals surface area contributed by atoms with Crippen molar-refractivity contribution in [1.82, 2.24) is 9.13 Å². The fourth-order valence-electron chi connectivity index (χ4n) is 3.08. The van der Waals surface area contributed by atoms with Gasteiger partial charge in [-0.05, 0) is 18.1 Å². The average Bonchev–Trinajstić information content (AvgIpc) is 2.73. The summed E-state index contributed by atoms with van der Waals surface area (Å²) in [5, 5.41) is 0. The van der Waals surface area contributed by atoms with E-state index in [1.54, 1.807) is 6.92 Å². The van der Waals surface area contributed by atoms with Crippen LogP contribution in [0.4, 0.5) is 5.82 Å². The van der Waals surface area contributed by atoms with Crippen LogP contribution in [0.1, 0.15) is 28.4 Å². The Bertz CT molecular complexity index is 1110. The first-order valence-corrected chi connectivity index (χ1v) is 10.5. The molecule has 3 aromatic rings. The molecule has 1 heterocycles. The van der Waals surface area contributed by atoms with E-state index in [1.807, 2.05) is 60.7 Å². The molecular formula is C22H23N3O3S. The van der Waals surface area contributed by atoms with Crippen LogP contribution in [-0.4, -0.2) is 20.7 Å². The molecule has 29 heavy (non-hydrogen) atoms. The Morgan fingerprint density at radius 2 is 1.52 bits per heavy atom. The Labute approximate surface area is 173 Å². The Hall–Kier alpha value is -3.06. The van der Waals surface area contributed by atoms with Gasteiger partial charge in [-0.25, -0.2) is 4.79 Å². The summed E-state index contributed by atoms with van der Waals surface area (Å²) in [7, 11) is 0. The van der Waals surface area contributed by atoms with Gasteiger partial charge in [0.05, 0.1) is 12.3 Å². The van der Waals surface area contributed by atoms with Crippen LogP contribution in [0.25, 0.3) is 0 Å². The van der Waals surface area contributed by atoms with E-state index in [1.165, 1.54) is 16.3 Å². The highest BCUT2D eigenvalue weighted by molar-refractivity contribution is 7.99. The van der Waals surface area contributed by atoms with Gasteiger partial charge in [0, 0.05) is 12.3 Å². The Morgan fingerprint density at radius 1 is 0.931 bits per heavy atom. The number of nitrogens with two attached hydrogens (primary N) is 1. The molecule has 7 heteroatoms. The topological polar surface area (TPSA) is 87.1 Å². The molecule has 0 amide bonds. The lowest BCUT2D eigenvalue weighted by Crippen LogP contribution is -2.44. The van der Waals surface area contributed by atoms with Crippen LogP contribution in [0.15, 0.2) is 70.3 Å². The van der Waals surface area contributed by atoms with E-state index in [9.17, 15) is 14.4 Å². The smallest absolute Gasteiger partial charge is 0.332 e. The second-order valence-electron chi connectivity index (χ2n) is 6.57. The van der Waals surface area contributed by atoms with Crippen LogP contribution < -0.4 is 17.0 Å². The van der Waals surface area contributed by atoms with Crippen LogP contribution in [-0.2, 0) is 18.8 Å². The number of nitrogen functional groups attached to an aromatic ring is 1. The van der Waals surface area contributed by atoms with Gasteiger partial charge in [-0.3, -0.25) is 18.7 Å². The van der Waals surface area contributed by atoms with Gasteiger partial charge in [0.2, 0.25) is 0 Å². The number of nitrogens with zero attached hydrogens (tertiary/aromatic N) is 2. The zero-order chi connectivity index (χ0) is 20.8. The highest BCUT2D eigenvalue weighted by atomic mass is 32.2. The number of aromatic nitrogens is 2. The molecule has 0 aliphatic carbocycles. The molecule has 0 saturated carbocycles. The van der Waals surface area contributed by atoms with E-state index < -0.39 is 11.2 Å². The Morgan fingerprint density at radius 3 is 2.10 bits per heavy atom. The van der Waals surface area contributed by atoms with Crippen molar-refractivity contribution >= 4 is 23.4 Å². The number of carbonyl (C=O) groups is 1. The predicted molar refractivity (Wildman–Crippen MR) is 118 cm³/mol. The molecule has 6 nitrogen and oxygen atoms in total. The summed E-state index contributed by atoms with van der Waals surface area (Å²) in [6, 6.07) is 19.1. The largest absolute Gasteiger partial charge is 0.384 e. The van der Waals surface area contributed by atoms with E-state index in [0.29, 0.717) is 5.75 Å². The van der Waals surface area contributed by atoms with Crippen molar-refractivity contribution in [3.05, 3.63) is 98.2 Å².